The Labute approximate surface area is 78.1 Å². The van der Waals surface area contributed by atoms with Crippen LogP contribution >= 0.6 is 0 Å². The van der Waals surface area contributed by atoms with Crippen molar-refractivity contribution in [2.75, 3.05) is 7.05 Å². The monoisotopic (exact) mass is 171 g/mol. The third-order valence-corrected chi connectivity index (χ3v) is 2.96. The van der Waals surface area contributed by atoms with Gasteiger partial charge in [0.2, 0.25) is 0 Å². The van der Waals surface area contributed by atoms with Crippen LogP contribution in [0.15, 0.2) is 0 Å². The van der Waals surface area contributed by atoms with E-state index in [0.29, 0.717) is 0 Å². The second-order valence-corrected chi connectivity index (χ2v) is 3.77. The van der Waals surface area contributed by atoms with Crippen molar-refractivity contribution in [2.24, 2.45) is 0 Å². The topological polar surface area (TPSA) is 3.24 Å². The van der Waals surface area contributed by atoms with E-state index in [2.05, 4.69) is 39.6 Å². The fourth-order valence-electron chi connectivity index (χ4n) is 1.68. The zero-order valence-electron chi connectivity index (χ0n) is 9.43. The Morgan fingerprint density at radius 2 is 1.67 bits per heavy atom. The van der Waals surface area contributed by atoms with Gasteiger partial charge < -0.3 is 4.90 Å². The summed E-state index contributed by atoms with van der Waals surface area (Å²) in [6.07, 6.45) is 5.20. The van der Waals surface area contributed by atoms with E-state index in [-0.39, 0.29) is 0 Å². The summed E-state index contributed by atoms with van der Waals surface area (Å²) in [7, 11) is 2.26. The minimum absolute atomic E-state index is 0.737. The van der Waals surface area contributed by atoms with E-state index in [1.807, 2.05) is 0 Å². The lowest BCUT2D eigenvalue weighted by molar-refractivity contribution is 0.165. The van der Waals surface area contributed by atoms with Crippen molar-refractivity contribution >= 4 is 0 Å². The third kappa shape index (κ3) is 3.57. The average Bonchev–Trinajstić information content (AvgIpc) is 2.11. The molecule has 0 aliphatic rings. The fourth-order valence-corrected chi connectivity index (χ4v) is 1.68. The van der Waals surface area contributed by atoms with Crippen LogP contribution in [0.3, 0.4) is 0 Å². The second kappa shape index (κ2) is 6.47. The molecule has 0 aromatic rings. The lowest BCUT2D eigenvalue weighted by Crippen LogP contribution is -2.37. The first-order valence-electron chi connectivity index (χ1n) is 5.39. The molecule has 0 saturated carbocycles. The molecule has 0 bridgehead atoms. The molecule has 1 nitrogen and oxygen atoms in total. The minimum atomic E-state index is 0.737. The summed E-state index contributed by atoms with van der Waals surface area (Å²) in [6.45, 7) is 9.14. The van der Waals surface area contributed by atoms with E-state index in [4.69, 9.17) is 0 Å². The molecule has 0 aliphatic carbocycles. The van der Waals surface area contributed by atoms with Gasteiger partial charge in [0.1, 0.15) is 0 Å². The first-order valence-corrected chi connectivity index (χ1v) is 5.39. The Bertz CT molecular complexity index is 101. The Morgan fingerprint density at radius 3 is 2.00 bits per heavy atom. The van der Waals surface area contributed by atoms with Crippen LogP contribution in [-0.2, 0) is 0 Å². The van der Waals surface area contributed by atoms with Crippen molar-refractivity contribution < 1.29 is 0 Å². The molecule has 0 radical (unpaired) electrons. The molecule has 0 amide bonds. The molecule has 0 heterocycles. The van der Waals surface area contributed by atoms with Gasteiger partial charge in [0.15, 0.2) is 0 Å². The van der Waals surface area contributed by atoms with Gasteiger partial charge in [0.05, 0.1) is 0 Å². The van der Waals surface area contributed by atoms with Gasteiger partial charge in [-0.25, -0.2) is 0 Å². The maximum absolute atomic E-state index is 2.53. The molecular formula is C11H25N. The van der Waals surface area contributed by atoms with E-state index in [0.717, 1.165) is 12.1 Å². The summed E-state index contributed by atoms with van der Waals surface area (Å²) >= 11 is 0. The standard InChI is InChI=1S/C11H25N/c1-6-9-11(8-3)12(5)10(4)7-2/h10-11H,6-9H2,1-5H3. The lowest BCUT2D eigenvalue weighted by Gasteiger charge is -2.32. The first-order chi connectivity index (χ1) is 5.67. The maximum Gasteiger partial charge on any atom is 0.00923 e. The molecule has 0 spiro atoms. The molecule has 0 aliphatic heterocycles. The highest BCUT2D eigenvalue weighted by molar-refractivity contribution is 4.71. The Morgan fingerprint density at radius 1 is 1.08 bits per heavy atom. The normalized spacial score (nSPS) is 16.5. The molecule has 0 aromatic heterocycles. The third-order valence-electron chi connectivity index (χ3n) is 2.96. The Hall–Kier alpha value is -0.0400. The van der Waals surface area contributed by atoms with Crippen LogP contribution < -0.4 is 0 Å². The summed E-state index contributed by atoms with van der Waals surface area (Å²) in [6, 6.07) is 1.53. The Balaban J connectivity index is 3.91. The van der Waals surface area contributed by atoms with Gasteiger partial charge in [-0.3, -0.25) is 0 Å². The molecule has 0 fully saturated rings. The van der Waals surface area contributed by atoms with Gasteiger partial charge in [0.25, 0.3) is 0 Å². The molecule has 0 aromatic carbocycles. The van der Waals surface area contributed by atoms with E-state index in [1.165, 1.54) is 25.7 Å². The predicted octanol–water partition coefficient (Wildman–Crippen LogP) is 3.30. The summed E-state index contributed by atoms with van der Waals surface area (Å²) in [5, 5.41) is 0. The van der Waals surface area contributed by atoms with Crippen molar-refractivity contribution in [2.45, 2.75) is 65.5 Å². The second-order valence-electron chi connectivity index (χ2n) is 3.77. The van der Waals surface area contributed by atoms with Gasteiger partial charge in [-0.05, 0) is 33.2 Å². The number of hydrogen-bond acceptors (Lipinski definition) is 1. The van der Waals surface area contributed by atoms with Crippen LogP contribution in [-0.4, -0.2) is 24.0 Å². The molecule has 2 unspecified atom stereocenters. The molecule has 0 N–H and O–H groups in total. The quantitative estimate of drug-likeness (QED) is 0.592. The molecule has 0 rings (SSSR count). The number of hydrogen-bond donors (Lipinski definition) is 0. The van der Waals surface area contributed by atoms with Crippen molar-refractivity contribution in [3.05, 3.63) is 0 Å². The van der Waals surface area contributed by atoms with Crippen LogP contribution in [0.2, 0.25) is 0 Å². The van der Waals surface area contributed by atoms with E-state index < -0.39 is 0 Å². The van der Waals surface area contributed by atoms with Gasteiger partial charge in [0, 0.05) is 12.1 Å². The molecule has 0 saturated heterocycles. The summed E-state index contributed by atoms with van der Waals surface area (Å²) in [4.78, 5) is 2.53. The van der Waals surface area contributed by atoms with Crippen molar-refractivity contribution in [1.82, 2.24) is 4.90 Å². The van der Waals surface area contributed by atoms with Crippen LogP contribution in [0.4, 0.5) is 0 Å². The summed E-state index contributed by atoms with van der Waals surface area (Å²) in [5.41, 5.74) is 0. The van der Waals surface area contributed by atoms with Crippen LogP contribution in [0.5, 0.6) is 0 Å². The largest absolute Gasteiger partial charge is 0.301 e. The van der Waals surface area contributed by atoms with Crippen LogP contribution in [0, 0.1) is 0 Å². The number of rotatable bonds is 6. The van der Waals surface area contributed by atoms with Crippen molar-refractivity contribution in [3.63, 3.8) is 0 Å². The molecule has 12 heavy (non-hydrogen) atoms. The summed E-state index contributed by atoms with van der Waals surface area (Å²) < 4.78 is 0. The molecule has 2 atom stereocenters. The summed E-state index contributed by atoms with van der Waals surface area (Å²) in [5.74, 6) is 0. The highest BCUT2D eigenvalue weighted by atomic mass is 15.1. The Kier molecular flexibility index (Phi) is 6.45. The van der Waals surface area contributed by atoms with E-state index >= 15 is 0 Å². The molecular weight excluding hydrogens is 146 g/mol. The predicted molar refractivity (Wildman–Crippen MR) is 56.5 cm³/mol. The van der Waals surface area contributed by atoms with E-state index in [9.17, 15) is 0 Å². The van der Waals surface area contributed by atoms with Crippen LogP contribution in [0.25, 0.3) is 0 Å². The zero-order valence-corrected chi connectivity index (χ0v) is 9.43. The lowest BCUT2D eigenvalue weighted by atomic mass is 10.1. The zero-order chi connectivity index (χ0) is 9.56. The first kappa shape index (κ1) is 12.0. The van der Waals surface area contributed by atoms with Crippen molar-refractivity contribution in [3.8, 4) is 0 Å². The fraction of sp³-hybridized carbons (Fsp3) is 1.00. The van der Waals surface area contributed by atoms with Gasteiger partial charge in [-0.15, -0.1) is 0 Å². The van der Waals surface area contributed by atoms with Gasteiger partial charge in [-0.1, -0.05) is 27.2 Å². The highest BCUT2D eigenvalue weighted by Crippen LogP contribution is 2.13. The number of nitrogens with zero attached hydrogens (tertiary/aromatic N) is 1. The SMILES string of the molecule is CCCC(CC)N(C)C(C)CC. The molecule has 74 valence electrons. The molecule has 1 heteroatoms. The van der Waals surface area contributed by atoms with Crippen LogP contribution in [0.1, 0.15) is 53.4 Å². The van der Waals surface area contributed by atoms with Crippen molar-refractivity contribution in [1.29, 1.82) is 0 Å². The van der Waals surface area contributed by atoms with E-state index in [1.54, 1.807) is 0 Å². The minimum Gasteiger partial charge on any atom is -0.301 e. The maximum atomic E-state index is 2.53. The van der Waals surface area contributed by atoms with Gasteiger partial charge in [-0.2, -0.15) is 0 Å². The average molecular weight is 171 g/mol. The van der Waals surface area contributed by atoms with Gasteiger partial charge >= 0.3 is 0 Å². The smallest absolute Gasteiger partial charge is 0.00923 e. The highest BCUT2D eigenvalue weighted by Gasteiger charge is 2.15.